The van der Waals surface area contributed by atoms with Gasteiger partial charge in [0.05, 0.1) is 24.5 Å². The minimum atomic E-state index is -0.450. The normalized spacial score (nSPS) is 21.3. The number of fused-ring (bicyclic) bond motifs is 1. The van der Waals surface area contributed by atoms with Crippen LogP contribution in [-0.4, -0.2) is 17.9 Å². The fourth-order valence-electron chi connectivity index (χ4n) is 3.31. The molecule has 0 spiro atoms. The summed E-state index contributed by atoms with van der Waals surface area (Å²) in [5, 5.41) is 6.73. The quantitative estimate of drug-likeness (QED) is 0.758. The van der Waals surface area contributed by atoms with E-state index in [1.165, 1.54) is 10.1 Å². The van der Waals surface area contributed by atoms with Gasteiger partial charge < -0.3 is 14.6 Å². The van der Waals surface area contributed by atoms with Crippen molar-refractivity contribution in [3.8, 4) is 11.1 Å². The van der Waals surface area contributed by atoms with E-state index in [1.54, 1.807) is 35.8 Å². The number of benzene rings is 1. The molecular weight excluding hydrogens is 320 g/mol. The molecule has 122 valence electrons. The van der Waals surface area contributed by atoms with Crippen LogP contribution < -0.4 is 5.32 Å². The summed E-state index contributed by atoms with van der Waals surface area (Å²) < 4.78 is 6.43. The lowest BCUT2D eigenvalue weighted by atomic mass is 9.85. The second kappa shape index (κ2) is 5.24. The third kappa shape index (κ3) is 2.16. The molecule has 1 aliphatic heterocycles. The smallest absolute Gasteiger partial charge is 0.230 e. The minimum Gasteiger partial charge on any atom is -0.472 e. The largest absolute Gasteiger partial charge is 0.472 e. The first kappa shape index (κ1) is 15.0. The molecule has 1 amide bonds. The fraction of sp³-hybridized carbons (Fsp3) is 0.211. The maximum absolute atomic E-state index is 12.3. The van der Waals surface area contributed by atoms with Crippen LogP contribution in [-0.2, 0) is 10.3 Å². The molecule has 2 aromatic heterocycles. The number of hydrogen-bond acceptors (Lipinski definition) is 4. The van der Waals surface area contributed by atoms with Crippen LogP contribution >= 0.6 is 11.3 Å². The van der Waals surface area contributed by atoms with Crippen molar-refractivity contribution in [1.82, 2.24) is 10.2 Å². The van der Waals surface area contributed by atoms with Gasteiger partial charge in [-0.1, -0.05) is 24.8 Å². The van der Waals surface area contributed by atoms with Crippen molar-refractivity contribution in [3.05, 3.63) is 60.1 Å². The monoisotopic (exact) mass is 338 g/mol. The third-order valence-electron chi connectivity index (χ3n) is 4.73. The maximum Gasteiger partial charge on any atom is 0.230 e. The highest BCUT2D eigenvalue weighted by Crippen LogP contribution is 2.42. The summed E-state index contributed by atoms with van der Waals surface area (Å²) in [7, 11) is 1.75. The highest BCUT2D eigenvalue weighted by atomic mass is 32.1. The Kier molecular flexibility index (Phi) is 3.28. The Morgan fingerprint density at radius 1 is 1.38 bits per heavy atom. The topological polar surface area (TPSA) is 45.5 Å². The zero-order chi connectivity index (χ0) is 16.9. The van der Waals surface area contributed by atoms with E-state index in [1.807, 2.05) is 6.07 Å². The van der Waals surface area contributed by atoms with Crippen molar-refractivity contribution in [3.63, 3.8) is 0 Å². The molecule has 4 nitrogen and oxygen atoms in total. The number of nitrogens with zero attached hydrogens (tertiary/aromatic N) is 1. The van der Waals surface area contributed by atoms with Gasteiger partial charge >= 0.3 is 0 Å². The van der Waals surface area contributed by atoms with E-state index in [-0.39, 0.29) is 5.91 Å². The molecule has 0 radical (unpaired) electrons. The van der Waals surface area contributed by atoms with Crippen molar-refractivity contribution in [2.75, 3.05) is 7.05 Å². The lowest BCUT2D eigenvalue weighted by molar-refractivity contribution is -0.132. The Hall–Kier alpha value is -2.53. The van der Waals surface area contributed by atoms with Crippen LogP contribution in [0.2, 0.25) is 0 Å². The molecule has 3 aromatic rings. The molecule has 0 unspecified atom stereocenters. The first-order valence-corrected chi connectivity index (χ1v) is 8.64. The summed E-state index contributed by atoms with van der Waals surface area (Å²) in [4.78, 5) is 13.9. The molecular formula is C19H18N2O2S. The first-order chi connectivity index (χ1) is 11.5. The maximum atomic E-state index is 12.3. The van der Waals surface area contributed by atoms with E-state index in [9.17, 15) is 4.79 Å². The van der Waals surface area contributed by atoms with E-state index in [0.717, 1.165) is 16.7 Å². The Labute approximate surface area is 144 Å². The molecule has 1 saturated heterocycles. The number of thiophene rings is 1. The average Bonchev–Trinajstić information content (AvgIpc) is 3.21. The molecule has 0 saturated carbocycles. The van der Waals surface area contributed by atoms with Crippen LogP contribution in [0.1, 0.15) is 18.9 Å². The van der Waals surface area contributed by atoms with Crippen molar-refractivity contribution in [2.24, 2.45) is 0 Å². The van der Waals surface area contributed by atoms with Gasteiger partial charge in [0.15, 0.2) is 0 Å². The summed E-state index contributed by atoms with van der Waals surface area (Å²) in [6.07, 6.45) is 3.85. The minimum absolute atomic E-state index is 0.0755. The summed E-state index contributed by atoms with van der Waals surface area (Å²) in [5.74, 6) is 0.714. The summed E-state index contributed by atoms with van der Waals surface area (Å²) in [6, 6.07) is 8.23. The second-order valence-electron chi connectivity index (χ2n) is 6.38. The van der Waals surface area contributed by atoms with Crippen LogP contribution in [0.15, 0.2) is 59.0 Å². The number of hydrogen-bond donors (Lipinski definition) is 1. The second-order valence-corrected chi connectivity index (χ2v) is 7.26. The van der Waals surface area contributed by atoms with Gasteiger partial charge in [0, 0.05) is 22.9 Å². The van der Waals surface area contributed by atoms with Crippen LogP contribution in [0.4, 0.5) is 0 Å². The lowest BCUT2D eigenvalue weighted by Gasteiger charge is -2.40. The molecule has 5 heteroatoms. The van der Waals surface area contributed by atoms with Gasteiger partial charge in [0.1, 0.15) is 5.82 Å². The van der Waals surface area contributed by atoms with E-state index < -0.39 is 5.54 Å². The van der Waals surface area contributed by atoms with Gasteiger partial charge in [-0.15, -0.1) is 11.3 Å². The van der Waals surface area contributed by atoms with Crippen molar-refractivity contribution < 1.29 is 9.21 Å². The molecule has 0 aliphatic carbocycles. The lowest BCUT2D eigenvalue weighted by Crippen LogP contribution is -2.52. The van der Waals surface area contributed by atoms with E-state index in [2.05, 4.69) is 42.4 Å². The van der Waals surface area contributed by atoms with Gasteiger partial charge in [0.25, 0.3) is 0 Å². The van der Waals surface area contributed by atoms with Crippen LogP contribution in [0.3, 0.4) is 0 Å². The standard InChI is InChI=1S/C19H18N2O2S/c1-12-20-19(2,9-17(22)21(12)3)16-11-24-18-14(5-4-6-15(16)18)13-7-8-23-10-13/h4-8,10-11,20H,1,9H2,2-3H3/t19-/m0/s1. The predicted molar refractivity (Wildman–Crippen MR) is 96.5 cm³/mol. The highest BCUT2D eigenvalue weighted by molar-refractivity contribution is 7.18. The molecule has 1 fully saturated rings. The van der Waals surface area contributed by atoms with Crippen molar-refractivity contribution in [2.45, 2.75) is 18.9 Å². The first-order valence-electron chi connectivity index (χ1n) is 7.76. The van der Waals surface area contributed by atoms with Crippen molar-refractivity contribution >= 4 is 27.3 Å². The summed E-state index contributed by atoms with van der Waals surface area (Å²) >= 11 is 1.70. The number of nitrogens with one attached hydrogen (secondary N) is 1. The molecule has 24 heavy (non-hydrogen) atoms. The highest BCUT2D eigenvalue weighted by Gasteiger charge is 2.38. The molecule has 1 N–H and O–H groups in total. The number of amides is 1. The van der Waals surface area contributed by atoms with Crippen LogP contribution in [0.5, 0.6) is 0 Å². The third-order valence-corrected chi connectivity index (χ3v) is 5.76. The zero-order valence-electron chi connectivity index (χ0n) is 13.6. The van der Waals surface area contributed by atoms with Gasteiger partial charge in [-0.2, -0.15) is 0 Å². The van der Waals surface area contributed by atoms with Gasteiger partial charge in [-0.05, 0) is 29.3 Å². The number of furan rings is 1. The number of carbonyl (C=O) groups excluding carboxylic acids is 1. The molecule has 1 aliphatic rings. The molecule has 4 rings (SSSR count). The van der Waals surface area contributed by atoms with Crippen molar-refractivity contribution in [1.29, 1.82) is 0 Å². The van der Waals surface area contributed by atoms with Gasteiger partial charge in [0.2, 0.25) is 5.91 Å². The molecule has 1 aromatic carbocycles. The Balaban J connectivity index is 1.85. The average molecular weight is 338 g/mol. The van der Waals surface area contributed by atoms with Crippen LogP contribution in [0.25, 0.3) is 21.2 Å². The summed E-state index contributed by atoms with van der Waals surface area (Å²) in [6.45, 7) is 6.04. The summed E-state index contributed by atoms with van der Waals surface area (Å²) in [5.41, 5.74) is 2.90. The Bertz CT molecular complexity index is 922. The van der Waals surface area contributed by atoms with E-state index in [4.69, 9.17) is 4.42 Å². The zero-order valence-corrected chi connectivity index (χ0v) is 14.4. The Morgan fingerprint density at radius 3 is 2.92 bits per heavy atom. The van der Waals surface area contributed by atoms with Gasteiger partial charge in [-0.25, -0.2) is 0 Å². The van der Waals surface area contributed by atoms with E-state index >= 15 is 0 Å². The predicted octanol–water partition coefficient (Wildman–Crippen LogP) is 4.30. The molecule has 0 bridgehead atoms. The van der Waals surface area contributed by atoms with E-state index in [0.29, 0.717) is 12.2 Å². The molecule has 1 atom stereocenters. The number of rotatable bonds is 2. The SMILES string of the molecule is C=C1N[C@](C)(c2csc3c(-c4ccoc4)cccc23)CC(=O)N1C. The Morgan fingerprint density at radius 2 is 2.21 bits per heavy atom. The number of carbonyl (C=O) groups is 1. The molecule has 3 heterocycles. The van der Waals surface area contributed by atoms with Crippen LogP contribution in [0, 0.1) is 0 Å². The fourth-order valence-corrected chi connectivity index (χ4v) is 4.55. The van der Waals surface area contributed by atoms with Gasteiger partial charge in [-0.3, -0.25) is 4.79 Å².